The summed E-state index contributed by atoms with van der Waals surface area (Å²) in [6.07, 6.45) is -3.17. The molecule has 1 atom stereocenters. The molecule has 0 saturated heterocycles. The molecule has 10 nitrogen and oxygen atoms in total. The standard InChI is InChI=1S/C27H32F3N7O3/c28-27(29,30)21-7-5-18(6-8-21)14-23(24(38)15-19-13-20-3-1-2-4-22(20)34-16-19)35-26(40)37(33)17-25(39)36(11-9-31)12-10-32/h1-8,13,16,23H,9-12,14-15,17,31-33H2,(H,35,40)/t23-/m0/s1. The Labute approximate surface area is 229 Å². The van der Waals surface area contributed by atoms with Crippen molar-refractivity contribution in [3.05, 3.63) is 77.5 Å². The van der Waals surface area contributed by atoms with E-state index in [0.29, 0.717) is 16.1 Å². The number of aromatic nitrogens is 1. The van der Waals surface area contributed by atoms with Gasteiger partial charge in [-0.05, 0) is 41.8 Å². The molecule has 2 aromatic carbocycles. The molecular weight excluding hydrogens is 527 g/mol. The van der Waals surface area contributed by atoms with E-state index in [-0.39, 0.29) is 39.0 Å². The van der Waals surface area contributed by atoms with E-state index >= 15 is 0 Å². The van der Waals surface area contributed by atoms with Gasteiger partial charge in [0, 0.05) is 44.2 Å². The summed E-state index contributed by atoms with van der Waals surface area (Å²) in [5.74, 6) is 4.93. The van der Waals surface area contributed by atoms with Gasteiger partial charge in [0.25, 0.3) is 0 Å². The third kappa shape index (κ3) is 8.46. The fourth-order valence-electron chi connectivity index (χ4n) is 4.07. The molecule has 0 unspecified atom stereocenters. The number of carbonyl (C=O) groups is 3. The van der Waals surface area contributed by atoms with Gasteiger partial charge in [0.1, 0.15) is 6.54 Å². The average molecular weight is 560 g/mol. The number of benzene rings is 2. The number of nitrogens with two attached hydrogens (primary N) is 3. The van der Waals surface area contributed by atoms with Gasteiger partial charge in [-0.1, -0.05) is 30.3 Å². The van der Waals surface area contributed by atoms with Crippen LogP contribution in [0.15, 0.2) is 60.8 Å². The van der Waals surface area contributed by atoms with Crippen LogP contribution in [0, 0.1) is 0 Å². The summed E-state index contributed by atoms with van der Waals surface area (Å²) in [5.41, 5.74) is 11.9. The number of halogens is 3. The summed E-state index contributed by atoms with van der Waals surface area (Å²) in [6, 6.07) is 11.4. The fraction of sp³-hybridized carbons (Fsp3) is 0.333. The molecule has 0 radical (unpaired) electrons. The lowest BCUT2D eigenvalue weighted by atomic mass is 9.97. The maximum Gasteiger partial charge on any atom is 0.416 e. The van der Waals surface area contributed by atoms with Crippen molar-refractivity contribution >= 4 is 28.6 Å². The van der Waals surface area contributed by atoms with E-state index in [0.717, 1.165) is 23.0 Å². The number of alkyl halides is 3. The number of nitrogens with one attached hydrogen (secondary N) is 1. The van der Waals surface area contributed by atoms with Gasteiger partial charge in [-0.3, -0.25) is 19.6 Å². The van der Waals surface area contributed by atoms with Crippen molar-refractivity contribution in [3.8, 4) is 0 Å². The van der Waals surface area contributed by atoms with Crippen LogP contribution < -0.4 is 22.6 Å². The van der Waals surface area contributed by atoms with Crippen LogP contribution in [0.2, 0.25) is 0 Å². The van der Waals surface area contributed by atoms with Gasteiger partial charge in [0.2, 0.25) is 5.91 Å². The zero-order chi connectivity index (χ0) is 29.3. The van der Waals surface area contributed by atoms with Gasteiger partial charge in [-0.25, -0.2) is 10.6 Å². The minimum absolute atomic E-state index is 0.0992. The molecule has 0 aliphatic carbocycles. The van der Waals surface area contributed by atoms with Crippen LogP contribution in [0.25, 0.3) is 10.9 Å². The zero-order valence-electron chi connectivity index (χ0n) is 21.7. The smallest absolute Gasteiger partial charge is 0.339 e. The van der Waals surface area contributed by atoms with Crippen LogP contribution in [0.4, 0.5) is 18.0 Å². The normalized spacial score (nSPS) is 12.2. The van der Waals surface area contributed by atoms with E-state index in [4.69, 9.17) is 17.3 Å². The molecule has 0 bridgehead atoms. The fourth-order valence-corrected chi connectivity index (χ4v) is 4.07. The number of nitrogens with zero attached hydrogens (tertiary/aromatic N) is 3. The van der Waals surface area contributed by atoms with Gasteiger partial charge < -0.3 is 21.7 Å². The quantitative estimate of drug-likeness (QED) is 0.149. The molecule has 3 rings (SSSR count). The molecule has 1 heterocycles. The predicted octanol–water partition coefficient (Wildman–Crippen LogP) is 1.61. The first kappa shape index (κ1) is 30.5. The molecule has 0 spiro atoms. The van der Waals surface area contributed by atoms with Crippen molar-refractivity contribution < 1.29 is 27.6 Å². The lowest BCUT2D eigenvalue weighted by Gasteiger charge is -2.26. The van der Waals surface area contributed by atoms with Crippen LogP contribution in [-0.4, -0.2) is 71.4 Å². The van der Waals surface area contributed by atoms with Crippen LogP contribution >= 0.6 is 0 Å². The van der Waals surface area contributed by atoms with Gasteiger partial charge in [0.05, 0.1) is 17.1 Å². The van der Waals surface area contributed by atoms with Crippen LogP contribution in [0.5, 0.6) is 0 Å². The Bertz CT molecular complexity index is 1310. The highest BCUT2D eigenvalue weighted by Crippen LogP contribution is 2.29. The van der Waals surface area contributed by atoms with Gasteiger partial charge >= 0.3 is 12.2 Å². The third-order valence-corrected chi connectivity index (χ3v) is 6.15. The minimum Gasteiger partial charge on any atom is -0.339 e. The molecule has 0 fully saturated rings. The van der Waals surface area contributed by atoms with E-state index < -0.39 is 42.0 Å². The molecule has 40 heavy (non-hydrogen) atoms. The zero-order valence-corrected chi connectivity index (χ0v) is 21.7. The monoisotopic (exact) mass is 559 g/mol. The molecule has 3 aromatic rings. The third-order valence-electron chi connectivity index (χ3n) is 6.15. The van der Waals surface area contributed by atoms with Crippen LogP contribution in [0.1, 0.15) is 16.7 Å². The van der Waals surface area contributed by atoms with Crippen molar-refractivity contribution in [1.29, 1.82) is 0 Å². The molecule has 0 aliphatic rings. The number of amides is 3. The molecule has 13 heteroatoms. The number of para-hydroxylation sites is 1. The van der Waals surface area contributed by atoms with Crippen molar-refractivity contribution in [2.75, 3.05) is 32.7 Å². The number of urea groups is 1. The Hall–Kier alpha value is -4.07. The number of ketones is 1. The Morgan fingerprint density at radius 2 is 1.60 bits per heavy atom. The summed E-state index contributed by atoms with van der Waals surface area (Å²) in [6.45, 7) is 0.327. The van der Waals surface area contributed by atoms with Crippen LogP contribution in [0.3, 0.4) is 0 Å². The van der Waals surface area contributed by atoms with Crippen molar-refractivity contribution in [2.24, 2.45) is 17.3 Å². The van der Waals surface area contributed by atoms with Crippen molar-refractivity contribution in [1.82, 2.24) is 20.2 Å². The Morgan fingerprint density at radius 1 is 0.950 bits per heavy atom. The number of hydrogen-bond donors (Lipinski definition) is 4. The number of pyridine rings is 1. The lowest BCUT2D eigenvalue weighted by molar-refractivity contribution is -0.137. The summed E-state index contributed by atoms with van der Waals surface area (Å²) in [5, 5.41) is 3.98. The minimum atomic E-state index is -4.51. The highest BCUT2D eigenvalue weighted by molar-refractivity contribution is 5.92. The molecule has 7 N–H and O–H groups in total. The van der Waals surface area contributed by atoms with E-state index in [1.165, 1.54) is 17.0 Å². The predicted molar refractivity (Wildman–Crippen MR) is 144 cm³/mol. The van der Waals surface area contributed by atoms with E-state index in [1.54, 1.807) is 12.3 Å². The molecule has 214 valence electrons. The second kappa shape index (κ2) is 13.8. The molecular formula is C27H32F3N7O3. The highest BCUT2D eigenvalue weighted by atomic mass is 19.4. The van der Waals surface area contributed by atoms with Gasteiger partial charge in [-0.2, -0.15) is 13.2 Å². The maximum atomic E-state index is 13.4. The number of fused-ring (bicyclic) bond motifs is 1. The van der Waals surface area contributed by atoms with Gasteiger partial charge in [0.15, 0.2) is 5.78 Å². The second-order valence-corrected chi connectivity index (χ2v) is 9.17. The maximum absolute atomic E-state index is 13.4. The number of rotatable bonds is 12. The van der Waals surface area contributed by atoms with E-state index in [9.17, 15) is 27.6 Å². The van der Waals surface area contributed by atoms with Gasteiger partial charge in [-0.15, -0.1) is 0 Å². The number of hydrogen-bond acceptors (Lipinski definition) is 7. The highest BCUT2D eigenvalue weighted by Gasteiger charge is 2.30. The van der Waals surface area contributed by atoms with Crippen molar-refractivity contribution in [3.63, 3.8) is 0 Å². The Kier molecular flexibility index (Phi) is 10.5. The number of Topliss-reactive ketones (excluding diaryl/α,β-unsaturated/α-hetero) is 1. The van der Waals surface area contributed by atoms with E-state index in [2.05, 4.69) is 10.3 Å². The van der Waals surface area contributed by atoms with E-state index in [1.807, 2.05) is 24.3 Å². The molecule has 0 aliphatic heterocycles. The molecule has 1 aromatic heterocycles. The largest absolute Gasteiger partial charge is 0.416 e. The Morgan fingerprint density at radius 3 is 2.23 bits per heavy atom. The molecule has 0 saturated carbocycles. The topological polar surface area (TPSA) is 161 Å². The van der Waals surface area contributed by atoms with Crippen LogP contribution in [-0.2, 0) is 28.6 Å². The first-order valence-electron chi connectivity index (χ1n) is 12.5. The average Bonchev–Trinajstić information content (AvgIpc) is 2.92. The first-order valence-corrected chi connectivity index (χ1v) is 12.5. The first-order chi connectivity index (χ1) is 19.0. The summed E-state index contributed by atoms with van der Waals surface area (Å²) < 4.78 is 39.0. The number of carbonyl (C=O) groups excluding carboxylic acids is 3. The summed E-state index contributed by atoms with van der Waals surface area (Å²) in [4.78, 5) is 44.5. The number of hydrazine groups is 1. The second-order valence-electron chi connectivity index (χ2n) is 9.17. The molecule has 3 amide bonds. The summed E-state index contributed by atoms with van der Waals surface area (Å²) in [7, 11) is 0. The lowest BCUT2D eigenvalue weighted by Crippen LogP contribution is -2.55. The summed E-state index contributed by atoms with van der Waals surface area (Å²) >= 11 is 0. The van der Waals surface area contributed by atoms with Crippen molar-refractivity contribution in [2.45, 2.75) is 25.1 Å². The SMILES string of the molecule is NCCN(CCN)C(=O)CN(N)C(=O)N[C@@H](Cc1ccc(C(F)(F)F)cc1)C(=O)Cc1cnc2ccccc2c1. The Balaban J connectivity index is 1.77.